The van der Waals surface area contributed by atoms with Crippen LogP contribution in [0.25, 0.3) is 0 Å². The largest absolute Gasteiger partial charge is 0.349 e. The SMILES string of the molecule is O=C1CCCCCC(c2ccc([N+](=O)[O-])cc2)N1. The van der Waals surface area contributed by atoms with Crippen molar-refractivity contribution in [2.75, 3.05) is 0 Å². The van der Waals surface area contributed by atoms with Gasteiger partial charge in [-0.2, -0.15) is 0 Å². The van der Waals surface area contributed by atoms with Gasteiger partial charge < -0.3 is 5.32 Å². The van der Waals surface area contributed by atoms with Crippen LogP contribution in [0.2, 0.25) is 0 Å². The number of nitrogens with one attached hydrogen (secondary N) is 1. The van der Waals surface area contributed by atoms with Gasteiger partial charge in [-0.25, -0.2) is 0 Å². The zero-order chi connectivity index (χ0) is 13.0. The van der Waals surface area contributed by atoms with Crippen LogP contribution in [0.3, 0.4) is 0 Å². The second-order valence-corrected chi connectivity index (χ2v) is 4.57. The average Bonchev–Trinajstić information content (AvgIpc) is 2.34. The van der Waals surface area contributed by atoms with Crippen molar-refractivity contribution in [1.29, 1.82) is 0 Å². The molecule has 5 nitrogen and oxygen atoms in total. The molecule has 96 valence electrons. The van der Waals surface area contributed by atoms with Crippen LogP contribution in [0.5, 0.6) is 0 Å². The summed E-state index contributed by atoms with van der Waals surface area (Å²) < 4.78 is 0. The van der Waals surface area contributed by atoms with Crippen LogP contribution >= 0.6 is 0 Å². The summed E-state index contributed by atoms with van der Waals surface area (Å²) in [6, 6.07) is 6.41. The first kappa shape index (κ1) is 12.5. The fourth-order valence-corrected chi connectivity index (χ4v) is 2.23. The molecule has 1 heterocycles. The molecule has 2 rings (SSSR count). The Balaban J connectivity index is 2.12. The molecule has 1 N–H and O–H groups in total. The van der Waals surface area contributed by atoms with E-state index in [9.17, 15) is 14.9 Å². The molecule has 1 aliphatic rings. The first-order valence-corrected chi connectivity index (χ1v) is 6.20. The molecule has 5 heteroatoms. The van der Waals surface area contributed by atoms with Crippen molar-refractivity contribution in [1.82, 2.24) is 5.32 Å². The summed E-state index contributed by atoms with van der Waals surface area (Å²) in [6.45, 7) is 0. The van der Waals surface area contributed by atoms with Crippen LogP contribution in [0, 0.1) is 10.1 Å². The summed E-state index contributed by atoms with van der Waals surface area (Å²) >= 11 is 0. The number of nitro groups is 1. The van der Waals surface area contributed by atoms with Gasteiger partial charge in [0, 0.05) is 18.6 Å². The second-order valence-electron chi connectivity index (χ2n) is 4.57. The van der Waals surface area contributed by atoms with Crippen molar-refractivity contribution >= 4 is 11.6 Å². The maximum Gasteiger partial charge on any atom is 0.269 e. The van der Waals surface area contributed by atoms with Crippen LogP contribution < -0.4 is 5.32 Å². The summed E-state index contributed by atoms with van der Waals surface area (Å²) in [4.78, 5) is 21.7. The number of nitro benzene ring substituents is 1. The number of rotatable bonds is 2. The highest BCUT2D eigenvalue weighted by Crippen LogP contribution is 2.24. The van der Waals surface area contributed by atoms with Gasteiger partial charge in [0.1, 0.15) is 0 Å². The third-order valence-corrected chi connectivity index (χ3v) is 3.24. The highest BCUT2D eigenvalue weighted by molar-refractivity contribution is 5.76. The molecule has 0 spiro atoms. The van der Waals surface area contributed by atoms with Gasteiger partial charge in [-0.1, -0.05) is 25.0 Å². The third kappa shape index (κ3) is 3.06. The van der Waals surface area contributed by atoms with Crippen LogP contribution in [-0.4, -0.2) is 10.8 Å². The molecule has 18 heavy (non-hydrogen) atoms. The highest BCUT2D eigenvalue weighted by atomic mass is 16.6. The molecule has 1 amide bonds. The van der Waals surface area contributed by atoms with Crippen LogP contribution in [0.1, 0.15) is 43.7 Å². The molecule has 0 radical (unpaired) electrons. The lowest BCUT2D eigenvalue weighted by Gasteiger charge is -2.21. The van der Waals surface area contributed by atoms with E-state index in [2.05, 4.69) is 5.32 Å². The van der Waals surface area contributed by atoms with Crippen LogP contribution in [0.15, 0.2) is 24.3 Å². The van der Waals surface area contributed by atoms with Crippen molar-refractivity contribution in [2.24, 2.45) is 0 Å². The number of carbonyl (C=O) groups excluding carboxylic acids is 1. The van der Waals surface area contributed by atoms with E-state index in [1.807, 2.05) is 0 Å². The van der Waals surface area contributed by atoms with Crippen molar-refractivity contribution < 1.29 is 9.72 Å². The van der Waals surface area contributed by atoms with Crippen molar-refractivity contribution in [2.45, 2.75) is 38.1 Å². The minimum absolute atomic E-state index is 0.0152. The molecule has 1 unspecified atom stereocenters. The number of amides is 1. The molecule has 1 saturated heterocycles. The highest BCUT2D eigenvalue weighted by Gasteiger charge is 2.17. The fourth-order valence-electron chi connectivity index (χ4n) is 2.23. The minimum atomic E-state index is -0.416. The molecular formula is C13H16N2O3. The zero-order valence-electron chi connectivity index (χ0n) is 10.1. The molecule has 1 aromatic carbocycles. The van der Waals surface area contributed by atoms with Gasteiger partial charge in [-0.05, 0) is 18.4 Å². The van der Waals surface area contributed by atoms with Crippen molar-refractivity contribution in [3.05, 3.63) is 39.9 Å². The number of hydrogen-bond acceptors (Lipinski definition) is 3. The van der Waals surface area contributed by atoms with Gasteiger partial charge in [-0.3, -0.25) is 14.9 Å². The number of carbonyl (C=O) groups is 1. The molecule has 0 aliphatic carbocycles. The van der Waals surface area contributed by atoms with Crippen molar-refractivity contribution in [3.63, 3.8) is 0 Å². The van der Waals surface area contributed by atoms with Gasteiger partial charge in [0.05, 0.1) is 11.0 Å². The third-order valence-electron chi connectivity index (χ3n) is 3.24. The Morgan fingerprint density at radius 3 is 2.56 bits per heavy atom. The van der Waals surface area contributed by atoms with Gasteiger partial charge in [-0.15, -0.1) is 0 Å². The normalized spacial score (nSPS) is 20.7. The molecule has 1 aromatic rings. The summed E-state index contributed by atoms with van der Waals surface area (Å²) in [5, 5.41) is 13.6. The molecule has 1 fully saturated rings. The number of hydrogen-bond donors (Lipinski definition) is 1. The summed E-state index contributed by atoms with van der Waals surface area (Å²) in [5.74, 6) is 0.0676. The molecule has 0 bridgehead atoms. The van der Waals surface area contributed by atoms with E-state index in [4.69, 9.17) is 0 Å². The van der Waals surface area contributed by atoms with Crippen LogP contribution in [0.4, 0.5) is 5.69 Å². The minimum Gasteiger partial charge on any atom is -0.349 e. The Kier molecular flexibility index (Phi) is 3.92. The van der Waals surface area contributed by atoms with Gasteiger partial charge in [0.25, 0.3) is 5.69 Å². The van der Waals surface area contributed by atoms with E-state index >= 15 is 0 Å². The fraction of sp³-hybridized carbons (Fsp3) is 0.462. The lowest BCUT2D eigenvalue weighted by molar-refractivity contribution is -0.384. The summed E-state index contributed by atoms with van der Waals surface area (Å²) in [6.07, 6.45) is 4.55. The summed E-state index contributed by atoms with van der Waals surface area (Å²) in [5.41, 5.74) is 1.02. The van der Waals surface area contributed by atoms with E-state index in [0.29, 0.717) is 6.42 Å². The molecule has 1 aliphatic heterocycles. The Morgan fingerprint density at radius 1 is 1.17 bits per heavy atom. The molecule has 0 saturated carbocycles. The zero-order valence-corrected chi connectivity index (χ0v) is 10.1. The first-order chi connectivity index (χ1) is 8.66. The number of nitrogens with zero attached hydrogens (tertiary/aromatic N) is 1. The van der Waals surface area contributed by atoms with E-state index in [-0.39, 0.29) is 17.6 Å². The predicted molar refractivity (Wildman–Crippen MR) is 67.1 cm³/mol. The standard InChI is InChI=1S/C13H16N2O3/c16-13-5-3-1-2-4-12(14-13)10-6-8-11(9-7-10)15(17)18/h6-9,12H,1-5H2,(H,14,16). The van der Waals surface area contributed by atoms with E-state index in [0.717, 1.165) is 31.2 Å². The molecular weight excluding hydrogens is 232 g/mol. The molecule has 1 atom stereocenters. The topological polar surface area (TPSA) is 72.2 Å². The van der Waals surface area contributed by atoms with Crippen LogP contribution in [-0.2, 0) is 4.79 Å². The Labute approximate surface area is 105 Å². The van der Waals surface area contributed by atoms with Gasteiger partial charge in [0.15, 0.2) is 0 Å². The number of benzene rings is 1. The van der Waals surface area contributed by atoms with Gasteiger partial charge in [0.2, 0.25) is 5.91 Å². The van der Waals surface area contributed by atoms with Crippen molar-refractivity contribution in [3.8, 4) is 0 Å². The summed E-state index contributed by atoms with van der Waals surface area (Å²) in [7, 11) is 0. The van der Waals surface area contributed by atoms with E-state index < -0.39 is 4.92 Å². The number of non-ortho nitro benzene ring substituents is 1. The Bertz CT molecular complexity index is 442. The smallest absolute Gasteiger partial charge is 0.269 e. The second kappa shape index (κ2) is 5.62. The Hall–Kier alpha value is -1.91. The Morgan fingerprint density at radius 2 is 1.89 bits per heavy atom. The first-order valence-electron chi connectivity index (χ1n) is 6.20. The maximum absolute atomic E-state index is 11.6. The molecule has 0 aromatic heterocycles. The maximum atomic E-state index is 11.6. The van der Waals surface area contributed by atoms with Gasteiger partial charge >= 0.3 is 0 Å². The lowest BCUT2D eigenvalue weighted by atomic mass is 9.97. The average molecular weight is 248 g/mol. The van der Waals surface area contributed by atoms with E-state index in [1.165, 1.54) is 12.1 Å². The predicted octanol–water partition coefficient (Wildman–Crippen LogP) is 2.72. The quantitative estimate of drug-likeness (QED) is 0.646. The van der Waals surface area contributed by atoms with E-state index in [1.54, 1.807) is 12.1 Å². The monoisotopic (exact) mass is 248 g/mol. The lowest BCUT2D eigenvalue weighted by Crippen LogP contribution is -2.29.